The molecule has 4 fully saturated rings. The van der Waals surface area contributed by atoms with Crippen LogP contribution in [0.15, 0.2) is 35.5 Å². The number of ether oxygens (including phenoxy) is 3. The Kier molecular flexibility index (Phi) is 19.8. The van der Waals surface area contributed by atoms with Crippen LogP contribution in [-0.2, 0) is 19.0 Å². The lowest BCUT2D eigenvalue weighted by molar-refractivity contribution is -0.313. The van der Waals surface area contributed by atoms with Gasteiger partial charge in [0.1, 0.15) is 31.0 Å². The molecule has 1 saturated heterocycles. The average Bonchev–Trinajstić information content (AvgIpc) is 3.59. The first-order chi connectivity index (χ1) is 28.8. The van der Waals surface area contributed by atoms with E-state index in [1.165, 1.54) is 95.5 Å². The number of hydrogen-bond donors (Lipinski definition) is 3. The van der Waals surface area contributed by atoms with Crippen LogP contribution in [0.25, 0.3) is 0 Å². The van der Waals surface area contributed by atoms with Crippen molar-refractivity contribution in [1.29, 1.82) is 0 Å². The minimum atomic E-state index is -1.45. The van der Waals surface area contributed by atoms with E-state index in [-0.39, 0.29) is 24.1 Å². The van der Waals surface area contributed by atoms with Crippen molar-refractivity contribution in [3.63, 3.8) is 0 Å². The normalized spacial score (nSPS) is 36.2. The summed E-state index contributed by atoms with van der Waals surface area (Å²) in [6, 6.07) is 0. The molecule has 5 aliphatic rings. The summed E-state index contributed by atoms with van der Waals surface area (Å²) in [5.74, 6) is 4.12. The number of allylic oxidation sites excluding steroid dienone is 5. The van der Waals surface area contributed by atoms with Gasteiger partial charge in [-0.05, 0) is 150 Å². The van der Waals surface area contributed by atoms with E-state index >= 15 is 0 Å². The maximum atomic E-state index is 12.6. The summed E-state index contributed by atoms with van der Waals surface area (Å²) < 4.78 is 18.0. The zero-order chi connectivity index (χ0) is 43.3. The molecule has 1 heterocycles. The second-order valence-corrected chi connectivity index (χ2v) is 21.1. The molecule has 0 aromatic carbocycles. The maximum Gasteiger partial charge on any atom is 0.305 e. The van der Waals surface area contributed by atoms with E-state index in [2.05, 4.69) is 72.8 Å². The highest BCUT2D eigenvalue weighted by Crippen LogP contribution is 2.67. The van der Waals surface area contributed by atoms with E-state index in [1.807, 2.05) is 0 Å². The van der Waals surface area contributed by atoms with Gasteiger partial charge in [-0.15, -0.1) is 0 Å². The number of hydrogen-bond acceptors (Lipinski definition) is 7. The molecule has 3 saturated carbocycles. The highest BCUT2D eigenvalue weighted by molar-refractivity contribution is 5.69. The topological polar surface area (TPSA) is 105 Å². The summed E-state index contributed by atoms with van der Waals surface area (Å²) in [6.45, 7) is 16.7. The third-order valence-corrected chi connectivity index (χ3v) is 16.9. The Labute approximate surface area is 367 Å². The van der Waals surface area contributed by atoms with Crippen molar-refractivity contribution in [2.24, 2.45) is 46.3 Å². The monoisotopic (exact) mass is 839 g/mol. The van der Waals surface area contributed by atoms with E-state index in [4.69, 9.17) is 14.2 Å². The Morgan fingerprint density at radius 1 is 0.833 bits per heavy atom. The van der Waals surface area contributed by atoms with Crippen LogP contribution in [0.4, 0.5) is 0 Å². The van der Waals surface area contributed by atoms with Crippen molar-refractivity contribution >= 4 is 5.97 Å². The number of carbonyl (C=O) groups is 1. The van der Waals surface area contributed by atoms with E-state index in [0.717, 1.165) is 81.5 Å². The summed E-state index contributed by atoms with van der Waals surface area (Å²) in [5.41, 5.74) is 3.70. The molecule has 1 aliphatic heterocycles. The first-order valence-electron chi connectivity index (χ1n) is 25.3. The first kappa shape index (κ1) is 49.5. The van der Waals surface area contributed by atoms with Gasteiger partial charge in [-0.3, -0.25) is 4.79 Å². The molecule has 5 rings (SSSR count). The zero-order valence-corrected chi connectivity index (χ0v) is 39.4. The fourth-order valence-electron chi connectivity index (χ4n) is 13.0. The van der Waals surface area contributed by atoms with Gasteiger partial charge in [0.05, 0.1) is 6.10 Å². The molecule has 0 aromatic heterocycles. The van der Waals surface area contributed by atoms with Gasteiger partial charge < -0.3 is 29.5 Å². The maximum absolute atomic E-state index is 12.6. The van der Waals surface area contributed by atoms with Gasteiger partial charge in [0.2, 0.25) is 0 Å². The minimum Gasteiger partial charge on any atom is -0.463 e. The molecule has 0 bridgehead atoms. The summed E-state index contributed by atoms with van der Waals surface area (Å²) >= 11 is 0. The minimum absolute atomic E-state index is 0.147. The zero-order valence-electron chi connectivity index (χ0n) is 39.4. The summed E-state index contributed by atoms with van der Waals surface area (Å²) in [5, 5.41) is 32.5. The van der Waals surface area contributed by atoms with Crippen LogP contribution in [0.2, 0.25) is 0 Å². The molecule has 60 heavy (non-hydrogen) atoms. The second kappa shape index (κ2) is 24.0. The van der Waals surface area contributed by atoms with Crippen LogP contribution in [0, 0.1) is 46.3 Å². The molecule has 13 unspecified atom stereocenters. The summed E-state index contributed by atoms with van der Waals surface area (Å²) in [7, 11) is 0. The van der Waals surface area contributed by atoms with Crippen molar-refractivity contribution in [3.8, 4) is 0 Å². The number of aliphatic hydroxyl groups excluding tert-OH is 3. The molecule has 13 atom stereocenters. The number of esters is 1. The predicted octanol–water partition coefficient (Wildman–Crippen LogP) is 12.4. The quantitative estimate of drug-likeness (QED) is 0.0505. The fraction of sp³-hybridized carbons (Fsp3) is 0.868. The van der Waals surface area contributed by atoms with Crippen molar-refractivity contribution < 1.29 is 34.3 Å². The molecule has 3 N–H and O–H groups in total. The second-order valence-electron chi connectivity index (χ2n) is 21.1. The number of fused-ring (bicyclic) bond motifs is 5. The van der Waals surface area contributed by atoms with Gasteiger partial charge in [-0.2, -0.15) is 0 Å². The molecule has 7 nitrogen and oxygen atoms in total. The van der Waals surface area contributed by atoms with Gasteiger partial charge in [-0.25, -0.2) is 0 Å². The third-order valence-electron chi connectivity index (χ3n) is 16.9. The molecule has 7 heteroatoms. The average molecular weight is 839 g/mol. The van der Waals surface area contributed by atoms with Crippen LogP contribution in [0.3, 0.4) is 0 Å². The lowest BCUT2D eigenvalue weighted by atomic mass is 9.47. The smallest absolute Gasteiger partial charge is 0.305 e. The molecular weight excluding hydrogens is 749 g/mol. The van der Waals surface area contributed by atoms with Gasteiger partial charge in [0.25, 0.3) is 0 Å². The Morgan fingerprint density at radius 2 is 1.52 bits per heavy atom. The SMILES string of the molecule is CC=C(CCC(C)C1CCC2C3CC=C4CC(OC5OC(COC(=O)CCCCCCCC=CCCCCCCCC)C(O)C(O)C5O)CCC4(C)C3CCC12C)C(C)C. The largest absolute Gasteiger partial charge is 0.463 e. The van der Waals surface area contributed by atoms with Crippen LogP contribution in [0.5, 0.6) is 0 Å². The van der Waals surface area contributed by atoms with Crippen molar-refractivity contribution in [1.82, 2.24) is 0 Å². The van der Waals surface area contributed by atoms with Crippen LogP contribution < -0.4 is 0 Å². The number of carbonyl (C=O) groups excluding carboxylic acids is 1. The Morgan fingerprint density at radius 3 is 2.20 bits per heavy atom. The first-order valence-corrected chi connectivity index (χ1v) is 25.3. The van der Waals surface area contributed by atoms with Gasteiger partial charge in [0, 0.05) is 6.42 Å². The lowest BCUT2D eigenvalue weighted by Crippen LogP contribution is -2.60. The Bertz CT molecular complexity index is 1390. The molecule has 0 aromatic rings. The molecule has 0 radical (unpaired) electrons. The van der Waals surface area contributed by atoms with E-state index in [1.54, 1.807) is 5.57 Å². The molecule has 0 amide bonds. The van der Waals surface area contributed by atoms with Crippen LogP contribution >= 0.6 is 0 Å². The number of aliphatic hydroxyl groups is 3. The molecule has 0 spiro atoms. The van der Waals surface area contributed by atoms with E-state index in [9.17, 15) is 20.1 Å². The van der Waals surface area contributed by atoms with Crippen molar-refractivity contribution in [3.05, 3.63) is 35.5 Å². The number of unbranched alkanes of at least 4 members (excludes halogenated alkanes) is 11. The van der Waals surface area contributed by atoms with Crippen molar-refractivity contribution in [2.45, 2.75) is 239 Å². The Hall–Kier alpha value is -1.51. The van der Waals surface area contributed by atoms with Crippen molar-refractivity contribution in [2.75, 3.05) is 6.61 Å². The third kappa shape index (κ3) is 12.6. The molecule has 344 valence electrons. The highest BCUT2D eigenvalue weighted by atomic mass is 16.7. The lowest BCUT2D eigenvalue weighted by Gasteiger charge is -2.58. The molecular formula is C53H90O7. The van der Waals surface area contributed by atoms with Crippen LogP contribution in [-0.4, -0.2) is 64.7 Å². The highest BCUT2D eigenvalue weighted by Gasteiger charge is 2.59. The fourth-order valence-corrected chi connectivity index (χ4v) is 13.0. The van der Waals surface area contributed by atoms with E-state index in [0.29, 0.717) is 23.7 Å². The van der Waals surface area contributed by atoms with Crippen LogP contribution in [0.1, 0.15) is 203 Å². The van der Waals surface area contributed by atoms with Gasteiger partial charge >= 0.3 is 5.97 Å². The van der Waals surface area contributed by atoms with Gasteiger partial charge in [-0.1, -0.05) is 128 Å². The summed E-state index contributed by atoms with van der Waals surface area (Å²) in [6.07, 6.45) is 30.8. The standard InChI is InChI=1S/C53H90O7/c1-8-10-11-12-13-14-15-16-17-18-19-20-21-22-23-24-47(54)58-36-46-48(55)49(56)50(57)51(60-46)59-41-31-33-52(6)40(35-41)27-28-42-44-30-29-43(53(44,7)34-32-45(42)52)38(5)25-26-39(9-2)37(3)4/h9,16-17,27,37-38,41-46,48-51,55-57H,8,10-15,18-26,28-36H2,1-7H3. The van der Waals surface area contributed by atoms with Gasteiger partial charge in [0.15, 0.2) is 6.29 Å². The van der Waals surface area contributed by atoms with E-state index < -0.39 is 30.7 Å². The molecule has 4 aliphatic carbocycles. The predicted molar refractivity (Wildman–Crippen MR) is 244 cm³/mol. The summed E-state index contributed by atoms with van der Waals surface area (Å²) in [4.78, 5) is 12.6. The Balaban J connectivity index is 1.02. The number of rotatable bonds is 24.